The molecule has 1 heterocycles. The van der Waals surface area contributed by atoms with Crippen LogP contribution in [0.5, 0.6) is 0 Å². The third kappa shape index (κ3) is 5.04. The second kappa shape index (κ2) is 7.75. The van der Waals surface area contributed by atoms with Gasteiger partial charge < -0.3 is 10.6 Å². The average Bonchev–Trinajstić information content (AvgIpc) is 2.99. The molecule has 1 amide bonds. The molecule has 9 heteroatoms. The number of amides is 1. The lowest BCUT2D eigenvalue weighted by Gasteiger charge is -2.11. The van der Waals surface area contributed by atoms with E-state index in [0.717, 1.165) is 11.3 Å². The lowest BCUT2D eigenvalue weighted by Crippen LogP contribution is -2.35. The highest BCUT2D eigenvalue weighted by molar-refractivity contribution is 7.91. The second-order valence-electron chi connectivity index (χ2n) is 6.43. The van der Waals surface area contributed by atoms with E-state index in [0.29, 0.717) is 18.5 Å². The molecule has 0 aromatic heterocycles. The van der Waals surface area contributed by atoms with Gasteiger partial charge in [0, 0.05) is 36.0 Å². The molecule has 1 fully saturated rings. The molecule has 0 saturated carbocycles. The van der Waals surface area contributed by atoms with Crippen molar-refractivity contribution in [3.63, 3.8) is 0 Å². The van der Waals surface area contributed by atoms with Crippen LogP contribution in [0.15, 0.2) is 48.5 Å². The number of hydrogen-bond donors (Lipinski definition) is 2. The Bertz CT molecular complexity index is 940. The molecule has 0 bridgehead atoms. The molecule has 1 atom stereocenters. The molecule has 0 radical (unpaired) electrons. The Kier molecular flexibility index (Phi) is 5.41. The van der Waals surface area contributed by atoms with Crippen molar-refractivity contribution in [2.24, 2.45) is 0 Å². The molecule has 27 heavy (non-hydrogen) atoms. The van der Waals surface area contributed by atoms with Gasteiger partial charge in [-0.25, -0.2) is 8.42 Å². The van der Waals surface area contributed by atoms with Crippen molar-refractivity contribution >= 4 is 27.1 Å². The Morgan fingerprint density at radius 3 is 2.33 bits per heavy atom. The molecule has 2 aromatic carbocycles. The van der Waals surface area contributed by atoms with E-state index in [2.05, 4.69) is 10.6 Å². The maximum atomic E-state index is 12.2. The van der Waals surface area contributed by atoms with Gasteiger partial charge in [-0.1, -0.05) is 12.1 Å². The Balaban J connectivity index is 1.53. The van der Waals surface area contributed by atoms with Crippen LogP contribution in [0.1, 0.15) is 22.3 Å². The van der Waals surface area contributed by atoms with E-state index in [-0.39, 0.29) is 29.1 Å². The van der Waals surface area contributed by atoms with Crippen LogP contribution in [-0.2, 0) is 16.4 Å². The summed E-state index contributed by atoms with van der Waals surface area (Å²) >= 11 is 0. The fourth-order valence-corrected chi connectivity index (χ4v) is 4.53. The summed E-state index contributed by atoms with van der Waals surface area (Å²) < 4.78 is 22.9. The molecule has 3 rings (SSSR count). The van der Waals surface area contributed by atoms with Crippen molar-refractivity contribution in [3.8, 4) is 0 Å². The Labute approximate surface area is 156 Å². The van der Waals surface area contributed by atoms with Gasteiger partial charge in [-0.2, -0.15) is 0 Å². The zero-order valence-corrected chi connectivity index (χ0v) is 15.2. The third-order valence-electron chi connectivity index (χ3n) is 4.36. The first kappa shape index (κ1) is 18.8. The van der Waals surface area contributed by atoms with Gasteiger partial charge >= 0.3 is 0 Å². The van der Waals surface area contributed by atoms with Crippen molar-refractivity contribution in [2.45, 2.75) is 19.0 Å². The van der Waals surface area contributed by atoms with E-state index in [1.54, 1.807) is 36.4 Å². The molecule has 0 unspecified atom stereocenters. The van der Waals surface area contributed by atoms with Gasteiger partial charge in [0.2, 0.25) is 0 Å². The summed E-state index contributed by atoms with van der Waals surface area (Å²) in [5, 5.41) is 16.6. The zero-order chi connectivity index (χ0) is 19.4. The molecule has 1 saturated heterocycles. The van der Waals surface area contributed by atoms with Crippen molar-refractivity contribution < 1.29 is 18.1 Å². The molecule has 2 aromatic rings. The van der Waals surface area contributed by atoms with Crippen LogP contribution in [0.25, 0.3) is 0 Å². The number of anilines is 1. The number of hydrogen-bond acceptors (Lipinski definition) is 6. The van der Waals surface area contributed by atoms with Crippen molar-refractivity contribution in [1.29, 1.82) is 0 Å². The van der Waals surface area contributed by atoms with Gasteiger partial charge in [0.05, 0.1) is 16.4 Å². The summed E-state index contributed by atoms with van der Waals surface area (Å²) in [7, 11) is -3.03. The lowest BCUT2D eigenvalue weighted by molar-refractivity contribution is -0.384. The summed E-state index contributed by atoms with van der Waals surface area (Å²) in [4.78, 5) is 22.4. The van der Waals surface area contributed by atoms with E-state index in [4.69, 9.17) is 0 Å². The van der Waals surface area contributed by atoms with Crippen LogP contribution in [0.3, 0.4) is 0 Å². The summed E-state index contributed by atoms with van der Waals surface area (Å²) in [5.41, 5.74) is 2.20. The smallest absolute Gasteiger partial charge is 0.269 e. The van der Waals surface area contributed by atoms with Crippen molar-refractivity contribution in [1.82, 2.24) is 5.32 Å². The number of nitro groups is 1. The highest BCUT2D eigenvalue weighted by Gasteiger charge is 2.29. The van der Waals surface area contributed by atoms with Crippen molar-refractivity contribution in [2.75, 3.05) is 16.8 Å². The molecular weight excluding hydrogens is 370 g/mol. The number of sulfone groups is 1. The normalized spacial score (nSPS) is 18.0. The van der Waals surface area contributed by atoms with Gasteiger partial charge in [0.1, 0.15) is 0 Å². The van der Waals surface area contributed by atoms with Crippen LogP contribution >= 0.6 is 0 Å². The Morgan fingerprint density at radius 2 is 1.78 bits per heavy atom. The third-order valence-corrected chi connectivity index (χ3v) is 6.13. The number of benzene rings is 2. The van der Waals surface area contributed by atoms with Gasteiger partial charge in [0.25, 0.3) is 11.6 Å². The van der Waals surface area contributed by atoms with E-state index in [9.17, 15) is 23.3 Å². The maximum absolute atomic E-state index is 12.2. The number of nitrogens with zero attached hydrogens (tertiary/aromatic N) is 1. The topological polar surface area (TPSA) is 118 Å². The van der Waals surface area contributed by atoms with Crippen LogP contribution in [0.4, 0.5) is 11.4 Å². The Hall–Kier alpha value is -2.94. The number of carbonyl (C=O) groups excluding carboxylic acids is 1. The largest absolute Gasteiger partial charge is 0.381 e. The molecule has 0 spiro atoms. The molecule has 8 nitrogen and oxygen atoms in total. The highest BCUT2D eigenvalue weighted by Crippen LogP contribution is 2.16. The fourth-order valence-electron chi connectivity index (χ4n) is 2.86. The first-order valence-corrected chi connectivity index (χ1v) is 10.2. The van der Waals surface area contributed by atoms with Gasteiger partial charge in [-0.05, 0) is 36.2 Å². The lowest BCUT2D eigenvalue weighted by atomic mass is 10.1. The molecular formula is C18H19N3O5S. The molecule has 0 aliphatic carbocycles. The van der Waals surface area contributed by atoms with E-state index in [1.807, 2.05) is 0 Å². The zero-order valence-electron chi connectivity index (χ0n) is 14.4. The number of nitrogens with one attached hydrogen (secondary N) is 2. The number of non-ortho nitro benzene ring substituents is 1. The van der Waals surface area contributed by atoms with Crippen molar-refractivity contribution in [3.05, 3.63) is 69.8 Å². The Morgan fingerprint density at radius 1 is 1.11 bits per heavy atom. The second-order valence-corrected chi connectivity index (χ2v) is 8.66. The van der Waals surface area contributed by atoms with E-state index >= 15 is 0 Å². The van der Waals surface area contributed by atoms with Gasteiger partial charge in [0.15, 0.2) is 9.84 Å². The summed E-state index contributed by atoms with van der Waals surface area (Å²) in [5.74, 6) is -0.184. The summed E-state index contributed by atoms with van der Waals surface area (Å²) in [6.07, 6.45) is 0.447. The van der Waals surface area contributed by atoms with Gasteiger partial charge in [-0.15, -0.1) is 0 Å². The first-order valence-electron chi connectivity index (χ1n) is 8.41. The number of rotatable bonds is 6. The quantitative estimate of drug-likeness (QED) is 0.577. The van der Waals surface area contributed by atoms with E-state index in [1.165, 1.54) is 12.1 Å². The maximum Gasteiger partial charge on any atom is 0.269 e. The van der Waals surface area contributed by atoms with Crippen LogP contribution in [-0.4, -0.2) is 36.8 Å². The minimum absolute atomic E-state index is 0.00633. The summed E-state index contributed by atoms with van der Waals surface area (Å²) in [6.45, 7) is 0.490. The van der Waals surface area contributed by atoms with Crippen LogP contribution < -0.4 is 10.6 Å². The SMILES string of the molecule is O=C(N[C@@H]1CCS(=O)(=O)C1)c1ccc(NCc2ccc([N+](=O)[O-])cc2)cc1. The minimum Gasteiger partial charge on any atom is -0.381 e. The molecule has 1 aliphatic rings. The molecule has 1 aliphatic heterocycles. The molecule has 2 N–H and O–H groups in total. The number of carbonyl (C=O) groups is 1. The fraction of sp³-hybridized carbons (Fsp3) is 0.278. The number of nitro benzene ring substituents is 1. The minimum atomic E-state index is -3.03. The first-order chi connectivity index (χ1) is 12.8. The highest BCUT2D eigenvalue weighted by atomic mass is 32.2. The molecule has 142 valence electrons. The van der Waals surface area contributed by atoms with E-state index < -0.39 is 14.8 Å². The predicted octanol–water partition coefficient (Wildman–Crippen LogP) is 2.12. The van der Waals surface area contributed by atoms with Crippen LogP contribution in [0.2, 0.25) is 0 Å². The predicted molar refractivity (Wildman–Crippen MR) is 101 cm³/mol. The summed E-state index contributed by atoms with van der Waals surface area (Å²) in [6, 6.07) is 12.8. The average molecular weight is 389 g/mol. The standard InChI is InChI=1S/C18H19N3O5S/c22-18(20-16-9-10-27(25,26)12-16)14-3-5-15(6-4-14)19-11-13-1-7-17(8-2-13)21(23)24/h1-8,16,19H,9-12H2,(H,20,22)/t16-/m1/s1. The monoisotopic (exact) mass is 389 g/mol. The van der Waals surface area contributed by atoms with Crippen LogP contribution in [0, 0.1) is 10.1 Å². The van der Waals surface area contributed by atoms with Gasteiger partial charge in [-0.3, -0.25) is 14.9 Å².